The topological polar surface area (TPSA) is 67.9 Å². The van der Waals surface area contributed by atoms with Crippen molar-refractivity contribution in [2.45, 2.75) is 0 Å². The molecule has 1 heterocycles. The highest BCUT2D eigenvalue weighted by Gasteiger charge is 2.07. The molecule has 0 bridgehead atoms. The lowest BCUT2D eigenvalue weighted by molar-refractivity contribution is -0.135. The van der Waals surface area contributed by atoms with Crippen molar-refractivity contribution < 1.29 is 9.53 Å². The molecule has 0 N–H and O–H groups in total. The first kappa shape index (κ1) is 9.00. The largest absolute Gasteiger partial charge is 0.465 e. The number of nitriles is 1. The second kappa shape index (κ2) is 4.07. The Bertz CT molecular complexity index is 359. The van der Waals surface area contributed by atoms with Crippen molar-refractivity contribution in [1.82, 2.24) is 9.55 Å². The Morgan fingerprint density at radius 1 is 1.77 bits per heavy atom. The number of aromatic nitrogens is 2. The molecule has 0 aromatic carbocycles. The normalized spacial score (nSPS) is 10.6. The van der Waals surface area contributed by atoms with Crippen molar-refractivity contribution in [3.63, 3.8) is 0 Å². The molecule has 0 aliphatic carbocycles. The van der Waals surface area contributed by atoms with Crippen LogP contribution in [0.3, 0.4) is 0 Å². The van der Waals surface area contributed by atoms with E-state index in [0.29, 0.717) is 0 Å². The highest BCUT2D eigenvalue weighted by molar-refractivity contribution is 5.95. The van der Waals surface area contributed by atoms with Crippen LogP contribution in [0.1, 0.15) is 0 Å². The van der Waals surface area contributed by atoms with Crippen molar-refractivity contribution in [3.8, 4) is 6.07 Å². The fraction of sp³-hybridized carbons (Fsp3) is 0.125. The molecule has 5 nitrogen and oxygen atoms in total. The smallest absolute Gasteiger partial charge is 0.350 e. The molecule has 13 heavy (non-hydrogen) atoms. The SMILES string of the molecule is COC(=O)C(C#N)=Cn1ccnc1. The van der Waals surface area contributed by atoms with E-state index in [-0.39, 0.29) is 5.57 Å². The van der Waals surface area contributed by atoms with Gasteiger partial charge in [0.2, 0.25) is 0 Å². The molecular formula is C8H7N3O2. The molecule has 0 amide bonds. The summed E-state index contributed by atoms with van der Waals surface area (Å²) in [5.74, 6) is -0.656. The summed E-state index contributed by atoms with van der Waals surface area (Å²) in [6, 6.07) is 1.73. The molecule has 0 spiro atoms. The summed E-state index contributed by atoms with van der Waals surface area (Å²) in [4.78, 5) is 14.7. The van der Waals surface area contributed by atoms with Gasteiger partial charge in [0.25, 0.3) is 0 Å². The van der Waals surface area contributed by atoms with Crippen molar-refractivity contribution in [3.05, 3.63) is 24.3 Å². The number of hydrogen-bond acceptors (Lipinski definition) is 4. The number of esters is 1. The third-order valence-electron chi connectivity index (χ3n) is 1.33. The van der Waals surface area contributed by atoms with E-state index in [1.54, 1.807) is 18.5 Å². The van der Waals surface area contributed by atoms with Crippen LogP contribution in [0.25, 0.3) is 6.20 Å². The van der Waals surface area contributed by atoms with Gasteiger partial charge in [-0.3, -0.25) is 0 Å². The average molecular weight is 177 g/mol. The van der Waals surface area contributed by atoms with Gasteiger partial charge in [0, 0.05) is 18.6 Å². The van der Waals surface area contributed by atoms with Gasteiger partial charge in [0.05, 0.1) is 13.4 Å². The van der Waals surface area contributed by atoms with Gasteiger partial charge in [-0.15, -0.1) is 0 Å². The molecule has 0 unspecified atom stereocenters. The number of hydrogen-bond donors (Lipinski definition) is 0. The fourth-order valence-electron chi connectivity index (χ4n) is 0.732. The van der Waals surface area contributed by atoms with Crippen molar-refractivity contribution in [2.24, 2.45) is 0 Å². The van der Waals surface area contributed by atoms with Gasteiger partial charge >= 0.3 is 5.97 Å². The second-order valence-corrected chi connectivity index (χ2v) is 2.16. The lowest BCUT2D eigenvalue weighted by Crippen LogP contribution is -2.03. The van der Waals surface area contributed by atoms with Crippen molar-refractivity contribution in [2.75, 3.05) is 7.11 Å². The van der Waals surface area contributed by atoms with Crippen molar-refractivity contribution in [1.29, 1.82) is 5.26 Å². The lowest BCUT2D eigenvalue weighted by atomic mass is 10.3. The first-order valence-corrected chi connectivity index (χ1v) is 3.45. The third kappa shape index (κ3) is 2.17. The van der Waals surface area contributed by atoms with E-state index in [0.717, 1.165) is 0 Å². The molecule has 0 aliphatic heterocycles. The van der Waals surface area contributed by atoms with Crippen LogP contribution in [0.5, 0.6) is 0 Å². The fourth-order valence-corrected chi connectivity index (χ4v) is 0.732. The van der Waals surface area contributed by atoms with E-state index in [1.807, 2.05) is 0 Å². The van der Waals surface area contributed by atoms with E-state index in [1.165, 1.54) is 24.2 Å². The summed E-state index contributed by atoms with van der Waals surface area (Å²) in [5.41, 5.74) is -0.0690. The summed E-state index contributed by atoms with van der Waals surface area (Å²) < 4.78 is 5.88. The lowest BCUT2D eigenvalue weighted by Gasteiger charge is -1.95. The van der Waals surface area contributed by atoms with Crippen molar-refractivity contribution >= 4 is 12.2 Å². The van der Waals surface area contributed by atoms with Gasteiger partial charge in [-0.1, -0.05) is 0 Å². The summed E-state index contributed by atoms with van der Waals surface area (Å²) in [5, 5.41) is 8.57. The van der Waals surface area contributed by atoms with Crippen LogP contribution >= 0.6 is 0 Å². The van der Waals surface area contributed by atoms with E-state index in [4.69, 9.17) is 5.26 Å². The van der Waals surface area contributed by atoms with Gasteiger partial charge < -0.3 is 9.30 Å². The van der Waals surface area contributed by atoms with Crippen LogP contribution in [-0.2, 0) is 9.53 Å². The predicted molar refractivity (Wildman–Crippen MR) is 44.1 cm³/mol. The minimum Gasteiger partial charge on any atom is -0.465 e. The highest BCUT2D eigenvalue weighted by Crippen LogP contribution is 1.98. The van der Waals surface area contributed by atoms with E-state index in [2.05, 4.69) is 9.72 Å². The number of carbonyl (C=O) groups is 1. The zero-order chi connectivity index (χ0) is 9.68. The summed E-state index contributed by atoms with van der Waals surface area (Å²) in [7, 11) is 1.22. The number of methoxy groups -OCH3 is 1. The maximum atomic E-state index is 10.9. The van der Waals surface area contributed by atoms with Crippen LogP contribution < -0.4 is 0 Å². The number of nitrogens with zero attached hydrogens (tertiary/aromatic N) is 3. The maximum absolute atomic E-state index is 10.9. The Morgan fingerprint density at radius 3 is 3.00 bits per heavy atom. The molecule has 0 aliphatic rings. The number of ether oxygens (including phenoxy) is 1. The molecule has 0 atom stereocenters. The second-order valence-electron chi connectivity index (χ2n) is 2.16. The maximum Gasteiger partial charge on any atom is 0.350 e. The zero-order valence-electron chi connectivity index (χ0n) is 6.97. The molecule has 5 heteroatoms. The molecule has 1 aromatic heterocycles. The molecular weight excluding hydrogens is 170 g/mol. The molecule has 0 fully saturated rings. The average Bonchev–Trinajstić information content (AvgIpc) is 2.65. The van der Waals surface area contributed by atoms with Crippen LogP contribution in [-0.4, -0.2) is 22.6 Å². The Balaban J connectivity index is 2.91. The van der Waals surface area contributed by atoms with Crippen LogP contribution in [0.4, 0.5) is 0 Å². The van der Waals surface area contributed by atoms with Crippen LogP contribution in [0.15, 0.2) is 24.3 Å². The van der Waals surface area contributed by atoms with E-state index >= 15 is 0 Å². The summed E-state index contributed by atoms with van der Waals surface area (Å²) >= 11 is 0. The monoisotopic (exact) mass is 177 g/mol. The van der Waals surface area contributed by atoms with Gasteiger partial charge in [-0.25, -0.2) is 9.78 Å². The van der Waals surface area contributed by atoms with Gasteiger partial charge in [0.15, 0.2) is 5.57 Å². The Hall–Kier alpha value is -2.09. The molecule has 1 rings (SSSR count). The minimum atomic E-state index is -0.656. The highest BCUT2D eigenvalue weighted by atomic mass is 16.5. The first-order chi connectivity index (χ1) is 6.27. The van der Waals surface area contributed by atoms with E-state index in [9.17, 15) is 4.79 Å². The standard InChI is InChI=1S/C8H7N3O2/c1-13-8(12)7(4-9)5-11-3-2-10-6-11/h2-3,5-6H,1H3. The third-order valence-corrected chi connectivity index (χ3v) is 1.33. The van der Waals surface area contributed by atoms with Gasteiger partial charge in [-0.2, -0.15) is 5.26 Å². The van der Waals surface area contributed by atoms with Gasteiger partial charge in [0.1, 0.15) is 6.07 Å². The minimum absolute atomic E-state index is 0.0690. The molecule has 0 saturated heterocycles. The molecule has 0 radical (unpaired) electrons. The quantitative estimate of drug-likeness (QED) is 0.373. The Labute approximate surface area is 74.9 Å². The van der Waals surface area contributed by atoms with E-state index < -0.39 is 5.97 Å². The van der Waals surface area contributed by atoms with Gasteiger partial charge in [-0.05, 0) is 0 Å². The van der Waals surface area contributed by atoms with Crippen LogP contribution in [0, 0.1) is 11.3 Å². The first-order valence-electron chi connectivity index (χ1n) is 3.45. The number of rotatable bonds is 2. The zero-order valence-corrected chi connectivity index (χ0v) is 6.97. The molecule has 1 aromatic rings. The predicted octanol–water partition coefficient (Wildman–Crippen LogP) is 0.421. The molecule has 0 saturated carbocycles. The Morgan fingerprint density at radius 2 is 2.54 bits per heavy atom. The summed E-state index contributed by atoms with van der Waals surface area (Å²) in [6.45, 7) is 0. The summed E-state index contributed by atoms with van der Waals surface area (Å²) in [6.07, 6.45) is 5.97. The van der Waals surface area contributed by atoms with Crippen LogP contribution in [0.2, 0.25) is 0 Å². The number of imidazole rings is 1. The Kier molecular flexibility index (Phi) is 2.82. The molecule has 66 valence electrons. The number of carbonyl (C=O) groups excluding carboxylic acids is 1.